The van der Waals surface area contributed by atoms with Gasteiger partial charge < -0.3 is 10.0 Å². The maximum atomic E-state index is 12.1. The number of thiophene rings is 1. The minimum atomic E-state index is -0.812. The van der Waals surface area contributed by atoms with Gasteiger partial charge in [0.1, 0.15) is 6.04 Å². The first-order chi connectivity index (χ1) is 8.59. The minimum absolute atomic E-state index is 0.0487. The second kappa shape index (κ2) is 5.49. The quantitative estimate of drug-likeness (QED) is 0.887. The Morgan fingerprint density at radius 3 is 2.50 bits per heavy atom. The summed E-state index contributed by atoms with van der Waals surface area (Å²) in [5.41, 5.74) is 0. The van der Waals surface area contributed by atoms with E-state index in [1.54, 1.807) is 11.8 Å². The third-order valence-electron chi connectivity index (χ3n) is 3.24. The Balaban J connectivity index is 1.91. The van der Waals surface area contributed by atoms with Gasteiger partial charge in [0.2, 0.25) is 0 Å². The highest BCUT2D eigenvalue weighted by Crippen LogP contribution is 2.14. The maximum absolute atomic E-state index is 12.1. The molecule has 0 aliphatic carbocycles. The topological polar surface area (TPSA) is 60.9 Å². The van der Waals surface area contributed by atoms with E-state index in [2.05, 4.69) is 0 Å². The number of carbonyl (C=O) groups is 2. The van der Waals surface area contributed by atoms with Gasteiger partial charge in [0.25, 0.3) is 5.91 Å². The van der Waals surface area contributed by atoms with Crippen LogP contribution in [0.4, 0.5) is 0 Å². The molecule has 1 aromatic rings. The lowest BCUT2D eigenvalue weighted by Gasteiger charge is -2.36. The van der Waals surface area contributed by atoms with Crippen LogP contribution in [-0.2, 0) is 4.79 Å². The van der Waals surface area contributed by atoms with Crippen molar-refractivity contribution in [1.29, 1.82) is 0 Å². The number of rotatable bonds is 3. The van der Waals surface area contributed by atoms with Crippen molar-refractivity contribution in [2.75, 3.05) is 26.2 Å². The van der Waals surface area contributed by atoms with E-state index in [9.17, 15) is 9.59 Å². The highest BCUT2D eigenvalue weighted by atomic mass is 32.1. The molecule has 1 amide bonds. The lowest BCUT2D eigenvalue weighted by molar-refractivity contribution is -0.143. The highest BCUT2D eigenvalue weighted by molar-refractivity contribution is 7.12. The van der Waals surface area contributed by atoms with E-state index in [1.165, 1.54) is 11.3 Å². The summed E-state index contributed by atoms with van der Waals surface area (Å²) in [4.78, 5) is 27.4. The van der Waals surface area contributed by atoms with Gasteiger partial charge in [0.15, 0.2) is 0 Å². The van der Waals surface area contributed by atoms with Crippen LogP contribution in [0.25, 0.3) is 0 Å². The first kappa shape index (κ1) is 13.0. The van der Waals surface area contributed by atoms with E-state index in [0.29, 0.717) is 26.2 Å². The summed E-state index contributed by atoms with van der Waals surface area (Å²) < 4.78 is 0. The standard InChI is InChI=1S/C12H16N2O3S/c1-9(12(16)17)13-4-6-14(7-5-13)11(15)10-3-2-8-18-10/h2-3,8-9H,4-7H2,1H3,(H,16,17)/t9-/m0/s1. The Hall–Kier alpha value is -1.40. The summed E-state index contributed by atoms with van der Waals surface area (Å²) >= 11 is 1.44. The fourth-order valence-corrected chi connectivity index (χ4v) is 2.72. The summed E-state index contributed by atoms with van der Waals surface area (Å²) in [6.07, 6.45) is 0. The van der Waals surface area contributed by atoms with Crippen molar-refractivity contribution >= 4 is 23.2 Å². The lowest BCUT2D eigenvalue weighted by Crippen LogP contribution is -2.53. The predicted octanol–water partition coefficient (Wildman–Crippen LogP) is 0.979. The molecule has 1 fully saturated rings. The number of carboxylic acid groups (broad SMARTS) is 1. The number of hydrogen-bond donors (Lipinski definition) is 1. The number of aliphatic carboxylic acids is 1. The zero-order chi connectivity index (χ0) is 13.1. The Morgan fingerprint density at radius 2 is 2.00 bits per heavy atom. The zero-order valence-electron chi connectivity index (χ0n) is 10.2. The molecule has 18 heavy (non-hydrogen) atoms. The first-order valence-corrected chi connectivity index (χ1v) is 6.77. The van der Waals surface area contributed by atoms with E-state index < -0.39 is 12.0 Å². The molecule has 0 spiro atoms. The van der Waals surface area contributed by atoms with Crippen molar-refractivity contribution in [3.8, 4) is 0 Å². The molecule has 98 valence electrons. The number of hydrogen-bond acceptors (Lipinski definition) is 4. The highest BCUT2D eigenvalue weighted by Gasteiger charge is 2.27. The Bertz CT molecular complexity index is 425. The third-order valence-corrected chi connectivity index (χ3v) is 4.10. The molecule has 1 aromatic heterocycles. The van der Waals surface area contributed by atoms with E-state index >= 15 is 0 Å². The van der Waals surface area contributed by atoms with Gasteiger partial charge in [-0.25, -0.2) is 0 Å². The average Bonchev–Trinajstić information content (AvgIpc) is 2.91. The summed E-state index contributed by atoms with van der Waals surface area (Å²) in [6.45, 7) is 4.09. The number of carboxylic acids is 1. The largest absolute Gasteiger partial charge is 0.480 e. The van der Waals surface area contributed by atoms with Crippen molar-refractivity contribution in [3.05, 3.63) is 22.4 Å². The van der Waals surface area contributed by atoms with Gasteiger partial charge in [0, 0.05) is 26.2 Å². The van der Waals surface area contributed by atoms with Gasteiger partial charge in [-0.15, -0.1) is 11.3 Å². The normalized spacial score (nSPS) is 18.6. The van der Waals surface area contributed by atoms with Crippen LogP contribution in [0.2, 0.25) is 0 Å². The molecular formula is C12H16N2O3S. The van der Waals surface area contributed by atoms with Gasteiger partial charge in [-0.2, -0.15) is 0 Å². The molecular weight excluding hydrogens is 252 g/mol. The molecule has 0 unspecified atom stereocenters. The molecule has 1 aliphatic heterocycles. The Kier molecular flexibility index (Phi) is 3.98. The second-order valence-electron chi connectivity index (χ2n) is 4.32. The van der Waals surface area contributed by atoms with Crippen LogP contribution >= 0.6 is 11.3 Å². The Morgan fingerprint density at radius 1 is 1.33 bits per heavy atom. The van der Waals surface area contributed by atoms with Gasteiger partial charge in [-0.05, 0) is 18.4 Å². The number of nitrogens with zero attached hydrogens (tertiary/aromatic N) is 2. The zero-order valence-corrected chi connectivity index (χ0v) is 11.0. The molecule has 1 N–H and O–H groups in total. The summed E-state index contributed by atoms with van der Waals surface area (Å²) in [7, 11) is 0. The summed E-state index contributed by atoms with van der Waals surface area (Å²) in [5, 5.41) is 10.8. The molecule has 1 saturated heterocycles. The van der Waals surface area contributed by atoms with Crippen molar-refractivity contribution < 1.29 is 14.7 Å². The molecule has 2 heterocycles. The molecule has 5 nitrogen and oxygen atoms in total. The summed E-state index contributed by atoms with van der Waals surface area (Å²) in [6, 6.07) is 3.20. The monoisotopic (exact) mass is 268 g/mol. The van der Waals surface area contributed by atoms with Crippen molar-refractivity contribution in [3.63, 3.8) is 0 Å². The maximum Gasteiger partial charge on any atom is 0.320 e. The van der Waals surface area contributed by atoms with Crippen molar-refractivity contribution in [2.45, 2.75) is 13.0 Å². The van der Waals surface area contributed by atoms with E-state index in [1.807, 2.05) is 22.4 Å². The van der Waals surface area contributed by atoms with Crippen molar-refractivity contribution in [1.82, 2.24) is 9.80 Å². The van der Waals surface area contributed by atoms with Crippen LogP contribution in [0.3, 0.4) is 0 Å². The van der Waals surface area contributed by atoms with Gasteiger partial charge in [0.05, 0.1) is 4.88 Å². The van der Waals surface area contributed by atoms with Crippen LogP contribution in [0.15, 0.2) is 17.5 Å². The fourth-order valence-electron chi connectivity index (χ4n) is 2.02. The van der Waals surface area contributed by atoms with Gasteiger partial charge >= 0.3 is 5.97 Å². The van der Waals surface area contributed by atoms with E-state index in [-0.39, 0.29) is 5.91 Å². The molecule has 6 heteroatoms. The van der Waals surface area contributed by atoms with Gasteiger partial charge in [-0.3, -0.25) is 14.5 Å². The first-order valence-electron chi connectivity index (χ1n) is 5.89. The van der Waals surface area contributed by atoms with Crippen LogP contribution in [0, 0.1) is 0 Å². The molecule has 0 aromatic carbocycles. The Labute approximate surface area is 110 Å². The van der Waals surface area contributed by atoms with Crippen LogP contribution < -0.4 is 0 Å². The van der Waals surface area contributed by atoms with Crippen molar-refractivity contribution in [2.24, 2.45) is 0 Å². The smallest absolute Gasteiger partial charge is 0.320 e. The number of amides is 1. The summed E-state index contributed by atoms with van der Waals surface area (Å²) in [5.74, 6) is -0.763. The fraction of sp³-hybridized carbons (Fsp3) is 0.500. The molecule has 0 bridgehead atoms. The van der Waals surface area contributed by atoms with E-state index in [4.69, 9.17) is 5.11 Å². The molecule has 0 radical (unpaired) electrons. The van der Waals surface area contributed by atoms with E-state index in [0.717, 1.165) is 4.88 Å². The SMILES string of the molecule is C[C@@H](C(=O)O)N1CCN(C(=O)c2cccs2)CC1. The van der Waals surface area contributed by atoms with Crippen LogP contribution in [0.1, 0.15) is 16.6 Å². The minimum Gasteiger partial charge on any atom is -0.480 e. The van der Waals surface area contributed by atoms with Gasteiger partial charge in [-0.1, -0.05) is 6.07 Å². The predicted molar refractivity (Wildman–Crippen MR) is 68.9 cm³/mol. The molecule has 2 rings (SSSR count). The second-order valence-corrected chi connectivity index (χ2v) is 5.27. The van der Waals surface area contributed by atoms with Crippen LogP contribution in [0.5, 0.6) is 0 Å². The van der Waals surface area contributed by atoms with Crippen LogP contribution in [-0.4, -0.2) is 59.0 Å². The molecule has 1 atom stereocenters. The third kappa shape index (κ3) is 2.70. The average molecular weight is 268 g/mol. The molecule has 1 aliphatic rings. The lowest BCUT2D eigenvalue weighted by atomic mass is 10.2. The molecule has 0 saturated carbocycles. The number of piperazine rings is 1. The number of carbonyl (C=O) groups excluding carboxylic acids is 1.